The predicted octanol–water partition coefficient (Wildman–Crippen LogP) is 3.66. The average molecular weight is 389 g/mol. The molecule has 0 aromatic heterocycles. The smallest absolute Gasteiger partial charge is 0.323 e. The van der Waals surface area contributed by atoms with E-state index in [1.165, 1.54) is 0 Å². The summed E-state index contributed by atoms with van der Waals surface area (Å²) in [4.78, 5) is 24.7. The molecule has 3 aromatic rings. The van der Waals surface area contributed by atoms with Gasteiger partial charge in [-0.3, -0.25) is 4.79 Å². The van der Waals surface area contributed by atoms with Crippen molar-refractivity contribution in [2.45, 2.75) is 12.5 Å². The van der Waals surface area contributed by atoms with Crippen LogP contribution in [0.5, 0.6) is 0 Å². The normalized spacial score (nSPS) is 11.3. The summed E-state index contributed by atoms with van der Waals surface area (Å²) < 4.78 is 0. The molecule has 6 nitrogen and oxygen atoms in total. The number of anilines is 2. The molecule has 3 amide bonds. The second-order valence-electron chi connectivity index (χ2n) is 6.57. The van der Waals surface area contributed by atoms with Crippen molar-refractivity contribution < 1.29 is 14.7 Å². The fraction of sp³-hybridized carbons (Fsp3) is 0.130. The molecule has 0 spiro atoms. The van der Waals surface area contributed by atoms with Gasteiger partial charge in [0, 0.05) is 16.9 Å². The molecule has 0 bridgehead atoms. The van der Waals surface area contributed by atoms with E-state index in [1.807, 2.05) is 48.5 Å². The summed E-state index contributed by atoms with van der Waals surface area (Å²) in [6.45, 7) is -0.169. The van der Waals surface area contributed by atoms with Crippen LogP contribution in [0.1, 0.15) is 15.9 Å². The Labute approximate surface area is 169 Å². The lowest BCUT2D eigenvalue weighted by Crippen LogP contribution is -2.39. The van der Waals surface area contributed by atoms with Crippen molar-refractivity contribution in [1.29, 1.82) is 0 Å². The van der Waals surface area contributed by atoms with Crippen molar-refractivity contribution in [1.82, 2.24) is 5.32 Å². The number of nitrogens with one attached hydrogen (secondary N) is 3. The van der Waals surface area contributed by atoms with Crippen LogP contribution < -0.4 is 16.0 Å². The highest BCUT2D eigenvalue weighted by atomic mass is 16.3. The maximum Gasteiger partial charge on any atom is 0.323 e. The second-order valence-corrected chi connectivity index (χ2v) is 6.57. The van der Waals surface area contributed by atoms with Gasteiger partial charge in [-0.1, -0.05) is 54.6 Å². The van der Waals surface area contributed by atoms with E-state index >= 15 is 0 Å². The standard InChI is InChI=1S/C23H23N3O3/c27-16-21(14-17-8-3-1-4-9-17)24-22(28)18-10-7-13-20(15-18)26-23(29)25-19-11-5-2-6-12-19/h1-13,15,21,27H,14,16H2,(H,24,28)(H2,25,26,29)/t21-/m0/s1. The number of rotatable bonds is 7. The summed E-state index contributed by atoms with van der Waals surface area (Å²) in [5.74, 6) is -0.313. The number of urea groups is 1. The van der Waals surface area contributed by atoms with E-state index in [1.54, 1.807) is 36.4 Å². The number of aliphatic hydroxyl groups excluding tert-OH is 1. The minimum Gasteiger partial charge on any atom is -0.394 e. The lowest BCUT2D eigenvalue weighted by atomic mass is 10.1. The molecule has 4 N–H and O–H groups in total. The van der Waals surface area contributed by atoms with Gasteiger partial charge in [0.25, 0.3) is 5.91 Å². The molecule has 0 radical (unpaired) electrons. The Morgan fingerprint density at radius 1 is 0.793 bits per heavy atom. The van der Waals surface area contributed by atoms with Crippen LogP contribution in [0.15, 0.2) is 84.9 Å². The first kappa shape index (κ1) is 20.1. The molecule has 0 saturated carbocycles. The van der Waals surface area contributed by atoms with E-state index in [-0.39, 0.29) is 12.5 Å². The van der Waals surface area contributed by atoms with Gasteiger partial charge in [-0.2, -0.15) is 0 Å². The quantitative estimate of drug-likeness (QED) is 0.497. The summed E-state index contributed by atoms with van der Waals surface area (Å²) in [6.07, 6.45) is 0.528. The second kappa shape index (κ2) is 10.1. The van der Waals surface area contributed by atoms with Crippen molar-refractivity contribution in [2.24, 2.45) is 0 Å². The lowest BCUT2D eigenvalue weighted by Gasteiger charge is -2.17. The maximum absolute atomic E-state index is 12.6. The van der Waals surface area contributed by atoms with Crippen molar-refractivity contribution in [3.8, 4) is 0 Å². The van der Waals surface area contributed by atoms with E-state index in [0.29, 0.717) is 23.4 Å². The average Bonchev–Trinajstić information content (AvgIpc) is 2.74. The van der Waals surface area contributed by atoms with Gasteiger partial charge < -0.3 is 21.1 Å². The Hall–Kier alpha value is -3.64. The van der Waals surface area contributed by atoms with Gasteiger partial charge in [0.05, 0.1) is 12.6 Å². The zero-order valence-corrected chi connectivity index (χ0v) is 15.8. The lowest BCUT2D eigenvalue weighted by molar-refractivity contribution is 0.0916. The van der Waals surface area contributed by atoms with Crippen molar-refractivity contribution in [3.63, 3.8) is 0 Å². The molecule has 148 valence electrons. The summed E-state index contributed by atoms with van der Waals surface area (Å²) in [5.41, 5.74) is 2.59. The fourth-order valence-electron chi connectivity index (χ4n) is 2.88. The van der Waals surface area contributed by atoms with Crippen LogP contribution in [0.25, 0.3) is 0 Å². The zero-order valence-electron chi connectivity index (χ0n) is 15.8. The van der Waals surface area contributed by atoms with Crippen molar-refractivity contribution in [3.05, 3.63) is 96.1 Å². The van der Waals surface area contributed by atoms with E-state index < -0.39 is 12.1 Å². The molecule has 0 aliphatic carbocycles. The number of hydrogen-bond donors (Lipinski definition) is 4. The van der Waals surface area contributed by atoms with Crippen LogP contribution in [-0.4, -0.2) is 29.7 Å². The van der Waals surface area contributed by atoms with Crippen LogP contribution in [0.2, 0.25) is 0 Å². The van der Waals surface area contributed by atoms with Gasteiger partial charge in [0.1, 0.15) is 0 Å². The summed E-state index contributed by atoms with van der Waals surface area (Å²) in [7, 11) is 0. The minimum absolute atomic E-state index is 0.169. The molecular formula is C23H23N3O3. The molecule has 0 aliphatic rings. The van der Waals surface area contributed by atoms with Gasteiger partial charge in [-0.25, -0.2) is 4.79 Å². The van der Waals surface area contributed by atoms with Crippen LogP contribution in [0.4, 0.5) is 16.2 Å². The predicted molar refractivity (Wildman–Crippen MR) is 114 cm³/mol. The molecular weight excluding hydrogens is 366 g/mol. The van der Waals surface area contributed by atoms with Gasteiger partial charge in [-0.15, -0.1) is 0 Å². The van der Waals surface area contributed by atoms with Gasteiger partial charge >= 0.3 is 6.03 Å². The van der Waals surface area contributed by atoms with Crippen LogP contribution in [-0.2, 0) is 6.42 Å². The van der Waals surface area contributed by atoms with E-state index in [0.717, 1.165) is 5.56 Å². The molecule has 29 heavy (non-hydrogen) atoms. The van der Waals surface area contributed by atoms with E-state index in [4.69, 9.17) is 0 Å². The Kier molecular flexibility index (Phi) is 6.97. The largest absolute Gasteiger partial charge is 0.394 e. The highest BCUT2D eigenvalue weighted by Crippen LogP contribution is 2.13. The number of amides is 3. The topological polar surface area (TPSA) is 90.5 Å². The summed E-state index contributed by atoms with van der Waals surface area (Å²) in [6, 6.07) is 24.6. The third-order valence-corrected chi connectivity index (χ3v) is 4.29. The first-order chi connectivity index (χ1) is 14.1. The van der Waals surface area contributed by atoms with Crippen LogP contribution in [0.3, 0.4) is 0 Å². The van der Waals surface area contributed by atoms with E-state index in [2.05, 4.69) is 16.0 Å². The molecule has 0 saturated heterocycles. The molecule has 3 aromatic carbocycles. The Balaban J connectivity index is 1.60. The molecule has 3 rings (SSSR count). The van der Waals surface area contributed by atoms with Crippen molar-refractivity contribution in [2.75, 3.05) is 17.2 Å². The molecule has 0 heterocycles. The first-order valence-corrected chi connectivity index (χ1v) is 9.33. The highest BCUT2D eigenvalue weighted by Gasteiger charge is 2.14. The molecule has 1 atom stereocenters. The number of carbonyl (C=O) groups excluding carboxylic acids is 2. The number of para-hydroxylation sites is 1. The Bertz CT molecular complexity index is 946. The van der Waals surface area contributed by atoms with Crippen molar-refractivity contribution >= 4 is 23.3 Å². The Morgan fingerprint density at radius 3 is 2.10 bits per heavy atom. The van der Waals surface area contributed by atoms with Crippen LogP contribution in [0, 0.1) is 0 Å². The first-order valence-electron chi connectivity index (χ1n) is 9.33. The van der Waals surface area contributed by atoms with Gasteiger partial charge in [0.15, 0.2) is 0 Å². The third kappa shape index (κ3) is 6.19. The Morgan fingerprint density at radius 2 is 1.41 bits per heavy atom. The number of benzene rings is 3. The fourth-order valence-corrected chi connectivity index (χ4v) is 2.88. The zero-order chi connectivity index (χ0) is 20.5. The third-order valence-electron chi connectivity index (χ3n) is 4.29. The maximum atomic E-state index is 12.6. The molecule has 0 unspecified atom stereocenters. The summed E-state index contributed by atoms with van der Waals surface area (Å²) >= 11 is 0. The number of hydrogen-bond acceptors (Lipinski definition) is 3. The highest BCUT2D eigenvalue weighted by molar-refractivity contribution is 6.01. The van der Waals surface area contributed by atoms with Crippen LogP contribution >= 0.6 is 0 Å². The molecule has 0 aliphatic heterocycles. The monoisotopic (exact) mass is 389 g/mol. The van der Waals surface area contributed by atoms with Gasteiger partial charge in [0.2, 0.25) is 0 Å². The number of carbonyl (C=O) groups is 2. The van der Waals surface area contributed by atoms with E-state index in [9.17, 15) is 14.7 Å². The van der Waals surface area contributed by atoms with Gasteiger partial charge in [-0.05, 0) is 42.3 Å². The molecule has 0 fully saturated rings. The SMILES string of the molecule is O=C(Nc1ccccc1)Nc1cccc(C(=O)N[C@H](CO)Cc2ccccc2)c1. The minimum atomic E-state index is -0.400. The molecule has 6 heteroatoms. The summed E-state index contributed by atoms with van der Waals surface area (Å²) in [5, 5.41) is 17.9. The number of aliphatic hydroxyl groups is 1.